The summed E-state index contributed by atoms with van der Waals surface area (Å²) < 4.78 is 1.23. The van der Waals surface area contributed by atoms with Gasteiger partial charge in [0, 0.05) is 14.6 Å². The van der Waals surface area contributed by atoms with Gasteiger partial charge in [0.05, 0.1) is 5.41 Å². The van der Waals surface area contributed by atoms with Crippen LogP contribution in [0.25, 0.3) is 73.3 Å². The van der Waals surface area contributed by atoms with Gasteiger partial charge in [-0.1, -0.05) is 158 Å². The fourth-order valence-electron chi connectivity index (χ4n) is 9.06. The first-order valence-corrected chi connectivity index (χ1v) is 18.5. The van der Waals surface area contributed by atoms with Crippen molar-refractivity contribution < 1.29 is 0 Å². The zero-order valence-electron chi connectivity index (χ0n) is 28.4. The molecule has 0 saturated heterocycles. The third-order valence-corrected chi connectivity index (χ3v) is 12.2. The van der Waals surface area contributed by atoms with Crippen molar-refractivity contribution in [2.45, 2.75) is 12.3 Å². The van der Waals surface area contributed by atoms with E-state index in [-0.39, 0.29) is 0 Å². The van der Waals surface area contributed by atoms with Crippen LogP contribution in [-0.4, -0.2) is 0 Å². The molecule has 0 aliphatic heterocycles. The monoisotopic (exact) mass is 666 g/mol. The van der Waals surface area contributed by atoms with Crippen molar-refractivity contribution in [2.24, 2.45) is 0 Å². The van der Waals surface area contributed by atoms with Crippen LogP contribution in [0.15, 0.2) is 164 Å². The Labute approximate surface area is 302 Å². The zero-order valence-corrected chi connectivity index (χ0v) is 29.2. The summed E-state index contributed by atoms with van der Waals surface area (Å²) in [6.07, 6.45) is 24.3. The standard InChI is InChI=1S/C50H34S/c1-3-17-48-32(4-2)40-25-16-28-46-37(22-6-5-7-29-49(40)51-48)38-23-12-14-26-44(38)50(46)45-27-15-13-24-39(45)43-30-41-35-20-10-8-18-33(35)34-19-9-11-21-36(34)42(41)31-47(43)50/h3-31H,2H2,1H3/b6-5?,7-5+,17-3-,22-6+,25-16?,28-16-,29-7?,37-22?,40-25-,46-28?,49-29+. The molecule has 1 unspecified atom stereocenters. The number of allylic oxidation sites excluding steroid dienone is 9. The van der Waals surface area contributed by atoms with Crippen LogP contribution in [-0.2, 0) is 5.41 Å². The minimum Gasteiger partial charge on any atom is -0.135 e. The van der Waals surface area contributed by atoms with Gasteiger partial charge in [-0.15, -0.1) is 11.3 Å². The number of fused-ring (bicyclic) bond motifs is 16. The van der Waals surface area contributed by atoms with Crippen LogP contribution in [0.5, 0.6) is 0 Å². The van der Waals surface area contributed by atoms with Crippen molar-refractivity contribution in [3.05, 3.63) is 206 Å². The number of rotatable bonds is 2. The molecule has 3 aliphatic rings. The number of hydrogen-bond acceptors (Lipinski definition) is 1. The third kappa shape index (κ3) is 4.13. The van der Waals surface area contributed by atoms with Crippen LogP contribution in [0, 0.1) is 0 Å². The Bertz CT molecular complexity index is 2930. The van der Waals surface area contributed by atoms with E-state index in [0.717, 1.165) is 0 Å². The molecule has 1 spiro atoms. The molecule has 1 aromatic heterocycles. The summed E-state index contributed by atoms with van der Waals surface area (Å²) in [6.45, 7) is 6.29. The van der Waals surface area contributed by atoms with E-state index in [0.29, 0.717) is 0 Å². The van der Waals surface area contributed by atoms with E-state index in [1.165, 1.54) is 97.0 Å². The van der Waals surface area contributed by atoms with Crippen LogP contribution in [0.4, 0.5) is 0 Å². The van der Waals surface area contributed by atoms with E-state index in [1.54, 1.807) is 0 Å². The van der Waals surface area contributed by atoms with Gasteiger partial charge in [-0.05, 0) is 114 Å². The highest BCUT2D eigenvalue weighted by molar-refractivity contribution is 7.11. The summed E-state index contributed by atoms with van der Waals surface area (Å²) >= 11 is 1.81. The Balaban J connectivity index is 1.34. The number of hydrogen-bond donors (Lipinski definition) is 0. The molecule has 3 aliphatic carbocycles. The molecule has 0 saturated carbocycles. The Morgan fingerprint density at radius 1 is 0.569 bits per heavy atom. The highest BCUT2D eigenvalue weighted by Crippen LogP contribution is 2.63. The van der Waals surface area contributed by atoms with Gasteiger partial charge in [-0.25, -0.2) is 0 Å². The van der Waals surface area contributed by atoms with Crippen molar-refractivity contribution in [1.82, 2.24) is 0 Å². The Hall–Kier alpha value is -6.02. The van der Waals surface area contributed by atoms with Crippen LogP contribution < -0.4 is 9.75 Å². The lowest BCUT2D eigenvalue weighted by atomic mass is 9.69. The van der Waals surface area contributed by atoms with E-state index >= 15 is 0 Å². The first kappa shape index (κ1) is 29.9. The molecule has 0 bridgehead atoms. The van der Waals surface area contributed by atoms with Gasteiger partial charge in [-0.2, -0.15) is 0 Å². The largest absolute Gasteiger partial charge is 0.135 e. The van der Waals surface area contributed by atoms with Crippen LogP contribution >= 0.6 is 11.3 Å². The molecular formula is C50H34S. The maximum absolute atomic E-state index is 4.21. The van der Waals surface area contributed by atoms with E-state index in [4.69, 9.17) is 0 Å². The van der Waals surface area contributed by atoms with Crippen molar-refractivity contribution in [3.8, 4) is 11.1 Å². The number of benzene rings is 6. The SMILES string of the molecule is C=Cc1c(/C=C\C)sc2/c1=C\C=C/C1=C(\C=C\C=C\C=2)c2ccccc2C12c1ccccc1-c1cc3c4ccccc4c4ccccc4c3cc12. The molecule has 51 heavy (non-hydrogen) atoms. The molecule has 7 aromatic rings. The fraction of sp³-hybridized carbons (Fsp3) is 0.0400. The van der Waals surface area contributed by atoms with Gasteiger partial charge in [0.15, 0.2) is 0 Å². The van der Waals surface area contributed by atoms with Crippen molar-refractivity contribution in [1.29, 1.82) is 0 Å². The van der Waals surface area contributed by atoms with Gasteiger partial charge in [0.2, 0.25) is 0 Å². The van der Waals surface area contributed by atoms with Crippen molar-refractivity contribution >= 4 is 73.5 Å². The predicted octanol–water partition coefficient (Wildman–Crippen LogP) is 11.9. The summed E-state index contributed by atoms with van der Waals surface area (Å²) in [4.78, 5) is 1.23. The lowest BCUT2D eigenvalue weighted by Gasteiger charge is -2.32. The molecule has 0 N–H and O–H groups in total. The summed E-state index contributed by atoms with van der Waals surface area (Å²) in [5.74, 6) is 0. The predicted molar refractivity (Wildman–Crippen MR) is 222 cm³/mol. The van der Waals surface area contributed by atoms with Gasteiger partial charge in [0.1, 0.15) is 0 Å². The van der Waals surface area contributed by atoms with Crippen molar-refractivity contribution in [2.75, 3.05) is 0 Å². The van der Waals surface area contributed by atoms with Crippen LogP contribution in [0.2, 0.25) is 0 Å². The van der Waals surface area contributed by atoms with Crippen LogP contribution in [0.1, 0.15) is 39.6 Å². The molecule has 240 valence electrons. The lowest BCUT2D eigenvalue weighted by Crippen LogP contribution is -2.26. The first-order valence-electron chi connectivity index (χ1n) is 17.7. The Morgan fingerprint density at radius 2 is 1.20 bits per heavy atom. The molecule has 0 amide bonds. The Morgan fingerprint density at radius 3 is 1.90 bits per heavy atom. The topological polar surface area (TPSA) is 0 Å². The zero-order chi connectivity index (χ0) is 34.1. The minimum atomic E-state index is -0.484. The minimum absolute atomic E-state index is 0.484. The maximum atomic E-state index is 4.21. The van der Waals surface area contributed by atoms with Gasteiger partial charge < -0.3 is 0 Å². The van der Waals surface area contributed by atoms with E-state index in [9.17, 15) is 0 Å². The fourth-order valence-corrected chi connectivity index (χ4v) is 10.2. The molecule has 6 aromatic carbocycles. The average molecular weight is 667 g/mol. The smallest absolute Gasteiger partial charge is 0.0725 e. The van der Waals surface area contributed by atoms with E-state index < -0.39 is 5.41 Å². The van der Waals surface area contributed by atoms with E-state index in [1.807, 2.05) is 17.4 Å². The van der Waals surface area contributed by atoms with Gasteiger partial charge in [0.25, 0.3) is 0 Å². The van der Waals surface area contributed by atoms with Gasteiger partial charge in [-0.3, -0.25) is 0 Å². The molecule has 1 heterocycles. The third-order valence-electron chi connectivity index (χ3n) is 11.0. The second-order valence-electron chi connectivity index (χ2n) is 13.5. The second kappa shape index (κ2) is 11.5. The van der Waals surface area contributed by atoms with Gasteiger partial charge >= 0.3 is 0 Å². The first-order chi connectivity index (χ1) is 25.2. The maximum Gasteiger partial charge on any atom is 0.0725 e. The van der Waals surface area contributed by atoms with Crippen molar-refractivity contribution in [3.63, 3.8) is 0 Å². The summed E-state index contributed by atoms with van der Waals surface area (Å²) in [6, 6.07) is 41.0. The normalized spacial score (nSPS) is 20.4. The average Bonchev–Trinajstić information content (AvgIpc) is 3.76. The summed E-state index contributed by atoms with van der Waals surface area (Å²) in [7, 11) is 0. The quantitative estimate of drug-likeness (QED) is 0.161. The summed E-state index contributed by atoms with van der Waals surface area (Å²) in [5, 5.41) is 9.00. The Kier molecular flexibility index (Phi) is 6.74. The number of thiophene rings is 1. The molecule has 1 atom stereocenters. The lowest BCUT2D eigenvalue weighted by molar-refractivity contribution is 0.787. The van der Waals surface area contributed by atoms with Crippen LogP contribution in [0.3, 0.4) is 0 Å². The molecule has 1 heteroatoms. The molecule has 0 radical (unpaired) electrons. The second-order valence-corrected chi connectivity index (χ2v) is 14.6. The molecule has 0 nitrogen and oxygen atoms in total. The highest BCUT2D eigenvalue weighted by Gasteiger charge is 2.52. The molecular weight excluding hydrogens is 633 g/mol. The summed E-state index contributed by atoms with van der Waals surface area (Å²) in [5.41, 5.74) is 11.2. The highest BCUT2D eigenvalue weighted by atomic mass is 32.1. The molecule has 0 fully saturated rings. The van der Waals surface area contributed by atoms with E-state index in [2.05, 4.69) is 183 Å². The molecule has 10 rings (SSSR count).